The Hall–Kier alpha value is -1.60. The van der Waals surface area contributed by atoms with Crippen molar-refractivity contribution in [2.45, 2.75) is 50.3 Å². The van der Waals surface area contributed by atoms with E-state index in [9.17, 15) is 4.79 Å². The molecule has 0 aromatic carbocycles. The van der Waals surface area contributed by atoms with Crippen molar-refractivity contribution in [3.63, 3.8) is 0 Å². The van der Waals surface area contributed by atoms with Crippen molar-refractivity contribution >= 4 is 6.03 Å². The second-order valence-corrected chi connectivity index (χ2v) is 6.65. The van der Waals surface area contributed by atoms with Crippen LogP contribution in [-0.2, 0) is 16.5 Å². The predicted molar refractivity (Wildman–Crippen MR) is 89.7 cm³/mol. The van der Waals surface area contributed by atoms with Gasteiger partial charge < -0.3 is 19.7 Å². The second-order valence-electron chi connectivity index (χ2n) is 6.65. The van der Waals surface area contributed by atoms with E-state index in [2.05, 4.69) is 10.4 Å². The zero-order valence-electron chi connectivity index (χ0n) is 14.6. The highest BCUT2D eigenvalue weighted by molar-refractivity contribution is 5.75. The van der Waals surface area contributed by atoms with Crippen LogP contribution in [-0.4, -0.2) is 59.7 Å². The summed E-state index contributed by atoms with van der Waals surface area (Å²) in [6, 6.07) is 1.96. The summed E-state index contributed by atoms with van der Waals surface area (Å²) in [6.45, 7) is 2.01. The van der Waals surface area contributed by atoms with E-state index < -0.39 is 0 Å². The fourth-order valence-electron chi connectivity index (χ4n) is 3.78. The number of likely N-dealkylation sites (tertiary alicyclic amines) is 1. The zero-order chi connectivity index (χ0) is 16.9. The van der Waals surface area contributed by atoms with Crippen LogP contribution >= 0.6 is 0 Å². The number of nitrogens with one attached hydrogen (secondary N) is 1. The van der Waals surface area contributed by atoms with E-state index in [1.165, 1.54) is 0 Å². The van der Waals surface area contributed by atoms with Crippen LogP contribution in [0.25, 0.3) is 0 Å². The number of aromatic nitrogens is 2. The van der Waals surface area contributed by atoms with Crippen LogP contribution in [0.2, 0.25) is 0 Å². The van der Waals surface area contributed by atoms with Crippen molar-refractivity contribution in [3.05, 3.63) is 18.0 Å². The highest BCUT2D eigenvalue weighted by Gasteiger charge is 2.33. The summed E-state index contributed by atoms with van der Waals surface area (Å²) < 4.78 is 12.9. The highest BCUT2D eigenvalue weighted by Crippen LogP contribution is 2.30. The minimum atomic E-state index is -0.0980. The lowest BCUT2D eigenvalue weighted by Gasteiger charge is -2.37. The number of nitrogens with zero attached hydrogens (tertiary/aromatic N) is 3. The summed E-state index contributed by atoms with van der Waals surface area (Å²) in [5.41, 5.74) is 1.09. The Bertz CT molecular complexity index is 542. The third-order valence-electron chi connectivity index (χ3n) is 5.03. The van der Waals surface area contributed by atoms with E-state index in [1.54, 1.807) is 13.3 Å². The van der Waals surface area contributed by atoms with Crippen LogP contribution in [0.4, 0.5) is 4.79 Å². The molecule has 2 aliphatic rings. The van der Waals surface area contributed by atoms with Gasteiger partial charge in [0.05, 0.1) is 30.5 Å². The van der Waals surface area contributed by atoms with Gasteiger partial charge >= 0.3 is 6.03 Å². The van der Waals surface area contributed by atoms with Crippen LogP contribution < -0.4 is 5.32 Å². The average molecular weight is 336 g/mol. The quantitative estimate of drug-likeness (QED) is 0.891. The molecular formula is C17H28N4O3. The molecule has 134 valence electrons. The van der Waals surface area contributed by atoms with E-state index in [-0.39, 0.29) is 24.2 Å². The number of hydrogen-bond acceptors (Lipinski definition) is 4. The Morgan fingerprint density at radius 3 is 3.00 bits per heavy atom. The van der Waals surface area contributed by atoms with Gasteiger partial charge in [0.15, 0.2) is 0 Å². The number of urea groups is 1. The number of methoxy groups -OCH3 is 1. The fourth-order valence-corrected chi connectivity index (χ4v) is 3.78. The normalized spacial score (nSPS) is 25.7. The molecular weight excluding hydrogens is 308 g/mol. The van der Waals surface area contributed by atoms with Gasteiger partial charge in [0.1, 0.15) is 0 Å². The first-order chi connectivity index (χ1) is 11.7. The van der Waals surface area contributed by atoms with Gasteiger partial charge in [0.25, 0.3) is 0 Å². The minimum Gasteiger partial charge on any atom is -0.382 e. The van der Waals surface area contributed by atoms with E-state index in [0.717, 1.165) is 50.9 Å². The van der Waals surface area contributed by atoms with E-state index in [4.69, 9.17) is 9.47 Å². The first-order valence-electron chi connectivity index (χ1n) is 8.86. The topological polar surface area (TPSA) is 68.6 Å². The Balaban J connectivity index is 1.70. The van der Waals surface area contributed by atoms with Crippen molar-refractivity contribution in [2.75, 3.05) is 26.9 Å². The van der Waals surface area contributed by atoms with E-state index in [0.29, 0.717) is 6.61 Å². The number of rotatable bonds is 5. The average Bonchev–Trinajstić information content (AvgIpc) is 3.26. The molecule has 7 nitrogen and oxygen atoms in total. The molecule has 24 heavy (non-hydrogen) atoms. The molecule has 2 fully saturated rings. The van der Waals surface area contributed by atoms with Gasteiger partial charge in [-0.3, -0.25) is 4.68 Å². The lowest BCUT2D eigenvalue weighted by molar-refractivity contribution is 0.0424. The summed E-state index contributed by atoms with van der Waals surface area (Å²) in [4.78, 5) is 14.9. The van der Waals surface area contributed by atoms with Gasteiger partial charge in [0.2, 0.25) is 0 Å². The van der Waals surface area contributed by atoms with Gasteiger partial charge in [0, 0.05) is 33.5 Å². The molecule has 0 unspecified atom stereocenters. The molecule has 0 bridgehead atoms. The van der Waals surface area contributed by atoms with Crippen molar-refractivity contribution < 1.29 is 14.3 Å². The molecule has 7 heteroatoms. The number of carbonyl (C=O) groups excluding carboxylic acids is 1. The van der Waals surface area contributed by atoms with Crippen LogP contribution in [0.1, 0.15) is 43.8 Å². The van der Waals surface area contributed by atoms with Crippen molar-refractivity contribution in [3.8, 4) is 0 Å². The van der Waals surface area contributed by atoms with Crippen LogP contribution in [0.15, 0.2) is 12.3 Å². The lowest BCUT2D eigenvalue weighted by Crippen LogP contribution is -2.53. The maximum absolute atomic E-state index is 12.9. The molecule has 3 heterocycles. The molecule has 0 radical (unpaired) electrons. The molecule has 1 aromatic rings. The summed E-state index contributed by atoms with van der Waals surface area (Å²) >= 11 is 0. The third kappa shape index (κ3) is 3.72. The number of hydrogen-bond donors (Lipinski definition) is 1. The number of carbonyl (C=O) groups is 1. The fraction of sp³-hybridized carbons (Fsp3) is 0.765. The van der Waals surface area contributed by atoms with Crippen LogP contribution in [0.5, 0.6) is 0 Å². The summed E-state index contributed by atoms with van der Waals surface area (Å²) in [5.74, 6) is 0. The summed E-state index contributed by atoms with van der Waals surface area (Å²) in [5, 5.41) is 7.41. The number of piperidine rings is 1. The monoisotopic (exact) mass is 336 g/mol. The molecule has 1 aromatic heterocycles. The smallest absolute Gasteiger partial charge is 0.318 e. The Labute approximate surface area is 143 Å². The first kappa shape index (κ1) is 17.2. The second kappa shape index (κ2) is 7.98. The van der Waals surface area contributed by atoms with Gasteiger partial charge in [-0.2, -0.15) is 5.10 Å². The SMILES string of the molecule is COC[C@H](NC(=O)N1CCCC[C@@H]1c1ccnn1C)[C@@H]1CCCO1. The summed E-state index contributed by atoms with van der Waals surface area (Å²) in [7, 11) is 3.59. The van der Waals surface area contributed by atoms with Crippen molar-refractivity contribution in [1.29, 1.82) is 0 Å². The predicted octanol–water partition coefficient (Wildman–Crippen LogP) is 1.85. The molecule has 2 saturated heterocycles. The van der Waals surface area contributed by atoms with Crippen LogP contribution in [0, 0.1) is 0 Å². The summed E-state index contributed by atoms with van der Waals surface area (Å²) in [6.07, 6.45) is 7.00. The van der Waals surface area contributed by atoms with Crippen molar-refractivity contribution in [1.82, 2.24) is 20.0 Å². The Kier molecular flexibility index (Phi) is 5.73. The molecule has 3 rings (SSSR count). The molecule has 0 spiro atoms. The number of amides is 2. The van der Waals surface area contributed by atoms with Gasteiger partial charge in [-0.15, -0.1) is 0 Å². The van der Waals surface area contributed by atoms with Gasteiger partial charge in [-0.25, -0.2) is 4.79 Å². The Morgan fingerprint density at radius 2 is 2.33 bits per heavy atom. The van der Waals surface area contributed by atoms with E-state index in [1.807, 2.05) is 22.7 Å². The van der Waals surface area contributed by atoms with Gasteiger partial charge in [-0.05, 0) is 38.2 Å². The molecule has 0 aliphatic carbocycles. The van der Waals surface area contributed by atoms with Gasteiger partial charge in [-0.1, -0.05) is 0 Å². The van der Waals surface area contributed by atoms with Crippen LogP contribution in [0.3, 0.4) is 0 Å². The molecule has 3 atom stereocenters. The third-order valence-corrected chi connectivity index (χ3v) is 5.03. The molecule has 1 N–H and O–H groups in total. The van der Waals surface area contributed by atoms with E-state index >= 15 is 0 Å². The maximum Gasteiger partial charge on any atom is 0.318 e. The lowest BCUT2D eigenvalue weighted by atomic mass is 9.99. The molecule has 2 amide bonds. The number of ether oxygens (including phenoxy) is 2. The maximum atomic E-state index is 12.9. The first-order valence-corrected chi connectivity index (χ1v) is 8.86. The number of aryl methyl sites for hydroxylation is 1. The highest BCUT2D eigenvalue weighted by atomic mass is 16.5. The standard InChI is InChI=1S/C17H28N4O3/c1-20-14(8-9-18-20)15-6-3-4-10-21(15)17(22)19-13(12-23-2)16-7-5-11-24-16/h8-9,13,15-16H,3-7,10-12H2,1-2H3,(H,19,22)/t13-,15+,16-/m0/s1. The largest absolute Gasteiger partial charge is 0.382 e. The minimum absolute atomic E-state index is 0.0292. The Morgan fingerprint density at radius 1 is 1.46 bits per heavy atom. The molecule has 0 saturated carbocycles. The molecule has 2 aliphatic heterocycles. The zero-order valence-corrected chi connectivity index (χ0v) is 14.6. The van der Waals surface area contributed by atoms with Crippen molar-refractivity contribution in [2.24, 2.45) is 7.05 Å².